The molecular weight excluding hydrogens is 409 g/mol. The van der Waals surface area contributed by atoms with Gasteiger partial charge in [0.15, 0.2) is 0 Å². The highest BCUT2D eigenvalue weighted by Gasteiger charge is 2.21. The van der Waals surface area contributed by atoms with Crippen molar-refractivity contribution in [2.45, 2.75) is 32.0 Å². The third-order valence-corrected chi connectivity index (χ3v) is 5.58. The standard InChI is InChI=1S/C24H26FN5O2/c1-29-13-11-26-23(29)22(19-7-9-20(25)10-8-19)28-24(32)27-15-17-4-2-5-18(14-17)16-30-12-3-6-21(30)31/h2,4-5,7-11,13-14,22H,3,6,12,15-16H2,1H3,(H2,27,28,32). The van der Waals surface area contributed by atoms with Gasteiger partial charge in [0, 0.05) is 45.5 Å². The van der Waals surface area contributed by atoms with E-state index >= 15 is 0 Å². The van der Waals surface area contributed by atoms with Gasteiger partial charge >= 0.3 is 6.03 Å². The molecule has 2 aromatic carbocycles. The van der Waals surface area contributed by atoms with Gasteiger partial charge in [-0.15, -0.1) is 0 Å². The number of hydrogen-bond donors (Lipinski definition) is 2. The van der Waals surface area contributed by atoms with E-state index in [9.17, 15) is 14.0 Å². The molecule has 1 atom stereocenters. The van der Waals surface area contributed by atoms with Crippen molar-refractivity contribution in [3.05, 3.63) is 89.3 Å². The molecule has 0 radical (unpaired) electrons. The fourth-order valence-corrected chi connectivity index (χ4v) is 3.90. The lowest BCUT2D eigenvalue weighted by Crippen LogP contribution is -2.39. The summed E-state index contributed by atoms with van der Waals surface area (Å²) >= 11 is 0. The number of hydrogen-bond acceptors (Lipinski definition) is 3. The van der Waals surface area contributed by atoms with Crippen molar-refractivity contribution in [2.75, 3.05) is 6.54 Å². The van der Waals surface area contributed by atoms with Gasteiger partial charge in [0.2, 0.25) is 5.91 Å². The Kier molecular flexibility index (Phi) is 6.49. The van der Waals surface area contributed by atoms with E-state index in [0.717, 1.165) is 29.7 Å². The Morgan fingerprint density at radius 1 is 1.19 bits per heavy atom. The summed E-state index contributed by atoms with van der Waals surface area (Å²) in [5, 5.41) is 5.82. The Morgan fingerprint density at radius 2 is 1.97 bits per heavy atom. The molecule has 1 unspecified atom stereocenters. The van der Waals surface area contributed by atoms with Crippen LogP contribution in [0.15, 0.2) is 60.9 Å². The van der Waals surface area contributed by atoms with Crippen LogP contribution in [0, 0.1) is 5.82 Å². The maximum absolute atomic E-state index is 13.4. The number of nitrogens with one attached hydrogen (secondary N) is 2. The average Bonchev–Trinajstić information content (AvgIpc) is 3.39. The highest BCUT2D eigenvalue weighted by molar-refractivity contribution is 5.78. The number of halogens is 1. The van der Waals surface area contributed by atoms with Crippen molar-refractivity contribution in [1.29, 1.82) is 0 Å². The Morgan fingerprint density at radius 3 is 2.66 bits per heavy atom. The van der Waals surface area contributed by atoms with Crippen LogP contribution in [0.25, 0.3) is 0 Å². The van der Waals surface area contributed by atoms with Gasteiger partial charge in [-0.1, -0.05) is 36.4 Å². The fraction of sp³-hybridized carbons (Fsp3) is 0.292. The smallest absolute Gasteiger partial charge is 0.315 e. The summed E-state index contributed by atoms with van der Waals surface area (Å²) in [6, 6.07) is 13.0. The van der Waals surface area contributed by atoms with Crippen LogP contribution in [-0.4, -0.2) is 32.9 Å². The van der Waals surface area contributed by atoms with E-state index in [1.165, 1.54) is 12.1 Å². The van der Waals surface area contributed by atoms with Crippen LogP contribution in [0.5, 0.6) is 0 Å². The van der Waals surface area contributed by atoms with Gasteiger partial charge in [0.25, 0.3) is 0 Å². The Balaban J connectivity index is 1.40. The fourth-order valence-electron chi connectivity index (χ4n) is 3.90. The number of aryl methyl sites for hydroxylation is 1. The third-order valence-electron chi connectivity index (χ3n) is 5.58. The molecule has 1 aliphatic heterocycles. The normalized spacial score (nSPS) is 14.4. The van der Waals surface area contributed by atoms with Gasteiger partial charge in [0.1, 0.15) is 17.7 Å². The van der Waals surface area contributed by atoms with Gasteiger partial charge in [-0.3, -0.25) is 4.79 Å². The number of nitrogens with zero attached hydrogens (tertiary/aromatic N) is 3. The van der Waals surface area contributed by atoms with Crippen LogP contribution in [0.2, 0.25) is 0 Å². The number of rotatable bonds is 7. The summed E-state index contributed by atoms with van der Waals surface area (Å²) in [7, 11) is 1.84. The second kappa shape index (κ2) is 9.64. The molecule has 3 aromatic rings. The van der Waals surface area contributed by atoms with Gasteiger partial charge in [-0.25, -0.2) is 14.2 Å². The van der Waals surface area contributed by atoms with E-state index in [1.807, 2.05) is 40.8 Å². The zero-order valence-corrected chi connectivity index (χ0v) is 17.9. The Bertz CT molecular complexity index is 1100. The molecule has 1 saturated heterocycles. The Labute approximate surface area is 186 Å². The minimum atomic E-state index is -0.525. The highest BCUT2D eigenvalue weighted by atomic mass is 19.1. The van der Waals surface area contributed by atoms with Crippen LogP contribution in [-0.2, 0) is 24.9 Å². The van der Waals surface area contributed by atoms with Crippen LogP contribution in [0.4, 0.5) is 9.18 Å². The molecule has 0 saturated carbocycles. The van der Waals surface area contributed by atoms with Crippen LogP contribution in [0.1, 0.15) is 41.4 Å². The molecule has 3 amide bonds. The van der Waals surface area contributed by atoms with E-state index in [4.69, 9.17) is 0 Å². The first-order valence-corrected chi connectivity index (χ1v) is 10.6. The molecule has 7 nitrogen and oxygen atoms in total. The third kappa shape index (κ3) is 5.14. The minimum Gasteiger partial charge on any atom is -0.338 e. The molecule has 166 valence electrons. The molecule has 0 aliphatic carbocycles. The van der Waals surface area contributed by atoms with E-state index in [2.05, 4.69) is 15.6 Å². The van der Waals surface area contributed by atoms with Crippen molar-refractivity contribution < 1.29 is 14.0 Å². The molecule has 0 spiro atoms. The predicted molar refractivity (Wildman–Crippen MR) is 118 cm³/mol. The summed E-state index contributed by atoms with van der Waals surface area (Å²) in [5.74, 6) is 0.491. The summed E-state index contributed by atoms with van der Waals surface area (Å²) in [5.41, 5.74) is 2.71. The molecule has 0 bridgehead atoms. The molecule has 2 heterocycles. The molecule has 8 heteroatoms. The second-order valence-electron chi connectivity index (χ2n) is 7.95. The summed E-state index contributed by atoms with van der Waals surface area (Å²) < 4.78 is 15.2. The van der Waals surface area contributed by atoms with E-state index in [0.29, 0.717) is 25.3 Å². The molecular formula is C24H26FN5O2. The maximum Gasteiger partial charge on any atom is 0.315 e. The first-order valence-electron chi connectivity index (χ1n) is 10.6. The number of likely N-dealkylation sites (tertiary alicyclic amines) is 1. The van der Waals surface area contributed by atoms with E-state index in [-0.39, 0.29) is 17.8 Å². The molecule has 32 heavy (non-hydrogen) atoms. The summed E-state index contributed by atoms with van der Waals surface area (Å²) in [4.78, 5) is 30.8. The molecule has 4 rings (SSSR count). The number of benzene rings is 2. The van der Waals surface area contributed by atoms with Gasteiger partial charge in [-0.05, 0) is 35.2 Å². The average molecular weight is 436 g/mol. The van der Waals surface area contributed by atoms with Crippen molar-refractivity contribution in [3.8, 4) is 0 Å². The van der Waals surface area contributed by atoms with E-state index in [1.54, 1.807) is 24.5 Å². The predicted octanol–water partition coefficient (Wildman–Crippen LogP) is 3.27. The highest BCUT2D eigenvalue weighted by Crippen LogP contribution is 2.21. The number of carbonyl (C=O) groups excluding carboxylic acids is 2. The molecule has 1 aromatic heterocycles. The maximum atomic E-state index is 13.4. The first kappa shape index (κ1) is 21.5. The molecule has 2 N–H and O–H groups in total. The lowest BCUT2D eigenvalue weighted by molar-refractivity contribution is -0.128. The Hall–Kier alpha value is -3.68. The zero-order valence-electron chi connectivity index (χ0n) is 17.9. The van der Waals surface area contributed by atoms with Crippen molar-refractivity contribution in [3.63, 3.8) is 0 Å². The quantitative estimate of drug-likeness (QED) is 0.598. The van der Waals surface area contributed by atoms with Crippen LogP contribution in [0.3, 0.4) is 0 Å². The number of urea groups is 1. The first-order chi connectivity index (χ1) is 15.5. The number of aromatic nitrogens is 2. The van der Waals surface area contributed by atoms with Crippen LogP contribution >= 0.6 is 0 Å². The van der Waals surface area contributed by atoms with Gasteiger partial charge < -0.3 is 20.1 Å². The zero-order chi connectivity index (χ0) is 22.5. The largest absolute Gasteiger partial charge is 0.338 e. The summed E-state index contributed by atoms with van der Waals surface area (Å²) in [6.45, 7) is 1.72. The lowest BCUT2D eigenvalue weighted by atomic mass is 10.1. The lowest BCUT2D eigenvalue weighted by Gasteiger charge is -2.20. The monoisotopic (exact) mass is 435 g/mol. The van der Waals surface area contributed by atoms with Crippen molar-refractivity contribution in [2.24, 2.45) is 7.05 Å². The number of amides is 3. The van der Waals surface area contributed by atoms with Gasteiger partial charge in [-0.2, -0.15) is 0 Å². The van der Waals surface area contributed by atoms with Crippen molar-refractivity contribution in [1.82, 2.24) is 25.1 Å². The minimum absolute atomic E-state index is 0.189. The molecule has 1 fully saturated rings. The van der Waals surface area contributed by atoms with E-state index < -0.39 is 6.04 Å². The van der Waals surface area contributed by atoms with Crippen LogP contribution < -0.4 is 10.6 Å². The molecule has 1 aliphatic rings. The number of carbonyl (C=O) groups is 2. The topological polar surface area (TPSA) is 79.3 Å². The SMILES string of the molecule is Cn1ccnc1C(NC(=O)NCc1cccc(CN2CCCC2=O)c1)c1ccc(F)cc1. The number of imidazole rings is 1. The summed E-state index contributed by atoms with van der Waals surface area (Å²) in [6.07, 6.45) is 4.97. The van der Waals surface area contributed by atoms with Gasteiger partial charge in [0.05, 0.1) is 0 Å². The van der Waals surface area contributed by atoms with Crippen molar-refractivity contribution >= 4 is 11.9 Å². The second-order valence-corrected chi connectivity index (χ2v) is 7.95.